The van der Waals surface area contributed by atoms with Crippen molar-refractivity contribution in [2.24, 2.45) is 0 Å². The lowest BCUT2D eigenvalue weighted by molar-refractivity contribution is 0.299. The average molecular weight is 217 g/mol. The standard InChI is InChI=1S/C13H12FNO/c1-10-4-3-7-15-13(10)9-16-12-6-2-5-11(14)8-12/h2-8H,9H2,1H3. The smallest absolute Gasteiger partial charge is 0.130 e. The summed E-state index contributed by atoms with van der Waals surface area (Å²) in [6, 6.07) is 9.94. The molecule has 2 aromatic rings. The molecule has 0 N–H and O–H groups in total. The van der Waals surface area contributed by atoms with Crippen LogP contribution in [0.15, 0.2) is 42.6 Å². The van der Waals surface area contributed by atoms with Crippen molar-refractivity contribution in [3.05, 3.63) is 59.7 Å². The molecule has 1 heterocycles. The van der Waals surface area contributed by atoms with Gasteiger partial charge in [0.05, 0.1) is 5.69 Å². The molecule has 0 saturated carbocycles. The van der Waals surface area contributed by atoms with Crippen LogP contribution in [0.2, 0.25) is 0 Å². The molecule has 2 nitrogen and oxygen atoms in total. The Hall–Kier alpha value is -1.90. The lowest BCUT2D eigenvalue weighted by Gasteiger charge is -2.07. The lowest BCUT2D eigenvalue weighted by Crippen LogP contribution is -2.00. The Bertz CT molecular complexity index is 485. The van der Waals surface area contributed by atoms with E-state index in [0.717, 1.165) is 11.3 Å². The van der Waals surface area contributed by atoms with E-state index >= 15 is 0 Å². The lowest BCUT2D eigenvalue weighted by atomic mass is 10.2. The number of aryl methyl sites for hydroxylation is 1. The molecule has 3 heteroatoms. The Kier molecular flexibility index (Phi) is 3.15. The zero-order valence-electron chi connectivity index (χ0n) is 8.98. The molecule has 0 aliphatic carbocycles. The third-order valence-electron chi connectivity index (χ3n) is 2.29. The minimum Gasteiger partial charge on any atom is -0.487 e. The highest BCUT2D eigenvalue weighted by Crippen LogP contribution is 2.14. The van der Waals surface area contributed by atoms with Gasteiger partial charge in [-0.15, -0.1) is 0 Å². The van der Waals surface area contributed by atoms with Crippen LogP contribution in [-0.4, -0.2) is 4.98 Å². The van der Waals surface area contributed by atoms with Gasteiger partial charge in [-0.1, -0.05) is 12.1 Å². The number of pyridine rings is 1. The van der Waals surface area contributed by atoms with Gasteiger partial charge in [0.1, 0.15) is 18.2 Å². The monoisotopic (exact) mass is 217 g/mol. The molecule has 0 amide bonds. The Balaban J connectivity index is 2.05. The van der Waals surface area contributed by atoms with Crippen LogP contribution < -0.4 is 4.74 Å². The Morgan fingerprint density at radius 1 is 1.25 bits per heavy atom. The molecule has 16 heavy (non-hydrogen) atoms. The number of benzene rings is 1. The second-order valence-electron chi connectivity index (χ2n) is 3.51. The zero-order chi connectivity index (χ0) is 11.4. The van der Waals surface area contributed by atoms with Gasteiger partial charge in [0.2, 0.25) is 0 Å². The van der Waals surface area contributed by atoms with Crippen LogP contribution in [-0.2, 0) is 6.61 Å². The van der Waals surface area contributed by atoms with Crippen LogP contribution in [0, 0.1) is 12.7 Å². The van der Waals surface area contributed by atoms with Gasteiger partial charge in [-0.2, -0.15) is 0 Å². The van der Waals surface area contributed by atoms with Crippen molar-refractivity contribution < 1.29 is 9.13 Å². The fourth-order valence-corrected chi connectivity index (χ4v) is 1.38. The maximum absolute atomic E-state index is 12.9. The number of nitrogens with zero attached hydrogens (tertiary/aromatic N) is 1. The van der Waals surface area contributed by atoms with E-state index in [1.807, 2.05) is 19.1 Å². The third-order valence-corrected chi connectivity index (χ3v) is 2.29. The molecular weight excluding hydrogens is 205 g/mol. The van der Waals surface area contributed by atoms with E-state index < -0.39 is 0 Å². The summed E-state index contributed by atoms with van der Waals surface area (Å²) in [7, 11) is 0. The van der Waals surface area contributed by atoms with E-state index in [9.17, 15) is 4.39 Å². The average Bonchev–Trinajstić information content (AvgIpc) is 2.28. The van der Waals surface area contributed by atoms with Crippen LogP contribution in [0.5, 0.6) is 5.75 Å². The minimum absolute atomic E-state index is 0.296. The Labute approximate surface area is 93.7 Å². The highest BCUT2D eigenvalue weighted by Gasteiger charge is 2.00. The summed E-state index contributed by atoms with van der Waals surface area (Å²) >= 11 is 0. The summed E-state index contributed by atoms with van der Waals surface area (Å²) in [5.41, 5.74) is 1.94. The summed E-state index contributed by atoms with van der Waals surface area (Å²) in [4.78, 5) is 4.20. The van der Waals surface area contributed by atoms with Gasteiger partial charge < -0.3 is 4.74 Å². The quantitative estimate of drug-likeness (QED) is 0.788. The Morgan fingerprint density at radius 3 is 2.88 bits per heavy atom. The van der Waals surface area contributed by atoms with Gasteiger partial charge >= 0.3 is 0 Å². The molecule has 0 saturated heterocycles. The van der Waals surface area contributed by atoms with Gasteiger partial charge in [-0.3, -0.25) is 4.98 Å². The van der Waals surface area contributed by atoms with Gasteiger partial charge in [-0.05, 0) is 30.7 Å². The molecular formula is C13H12FNO. The number of halogens is 1. The molecule has 0 bridgehead atoms. The summed E-state index contributed by atoms with van der Waals surface area (Å²) in [5, 5.41) is 0. The van der Waals surface area contributed by atoms with E-state index in [1.165, 1.54) is 12.1 Å². The van der Waals surface area contributed by atoms with Crippen LogP contribution in [0.4, 0.5) is 4.39 Å². The van der Waals surface area contributed by atoms with E-state index in [1.54, 1.807) is 18.3 Å². The van der Waals surface area contributed by atoms with Crippen molar-refractivity contribution in [3.63, 3.8) is 0 Å². The van der Waals surface area contributed by atoms with E-state index in [0.29, 0.717) is 12.4 Å². The topological polar surface area (TPSA) is 22.1 Å². The maximum Gasteiger partial charge on any atom is 0.130 e. The van der Waals surface area contributed by atoms with Crippen LogP contribution in [0.1, 0.15) is 11.3 Å². The first-order valence-corrected chi connectivity index (χ1v) is 5.04. The van der Waals surface area contributed by atoms with Crippen LogP contribution in [0.3, 0.4) is 0 Å². The van der Waals surface area contributed by atoms with Gasteiger partial charge in [0, 0.05) is 12.3 Å². The molecule has 0 fully saturated rings. The predicted octanol–water partition coefficient (Wildman–Crippen LogP) is 3.11. The van der Waals surface area contributed by atoms with Crippen LogP contribution in [0.25, 0.3) is 0 Å². The fourth-order valence-electron chi connectivity index (χ4n) is 1.38. The molecule has 0 atom stereocenters. The molecule has 0 unspecified atom stereocenters. The SMILES string of the molecule is Cc1cccnc1COc1cccc(F)c1. The first kappa shape index (κ1) is 10.6. The van der Waals surface area contributed by atoms with E-state index in [-0.39, 0.29) is 5.82 Å². The minimum atomic E-state index is -0.296. The molecule has 82 valence electrons. The molecule has 0 radical (unpaired) electrons. The maximum atomic E-state index is 12.9. The number of hydrogen-bond acceptors (Lipinski definition) is 2. The number of rotatable bonds is 3. The van der Waals surface area contributed by atoms with Gasteiger partial charge in [-0.25, -0.2) is 4.39 Å². The number of ether oxygens (including phenoxy) is 1. The summed E-state index contributed by atoms with van der Waals surface area (Å²) in [5.74, 6) is 0.222. The first-order valence-electron chi connectivity index (χ1n) is 5.04. The van der Waals surface area contributed by atoms with Crippen molar-refractivity contribution in [1.29, 1.82) is 0 Å². The molecule has 0 spiro atoms. The van der Waals surface area contributed by atoms with Crippen molar-refractivity contribution >= 4 is 0 Å². The summed E-state index contributed by atoms with van der Waals surface area (Å²) in [6.45, 7) is 2.33. The summed E-state index contributed by atoms with van der Waals surface area (Å²) in [6.07, 6.45) is 1.72. The highest BCUT2D eigenvalue weighted by molar-refractivity contribution is 5.23. The molecule has 1 aromatic carbocycles. The predicted molar refractivity (Wildman–Crippen MR) is 59.7 cm³/mol. The number of hydrogen-bond donors (Lipinski definition) is 0. The van der Waals surface area contributed by atoms with Crippen molar-refractivity contribution in [2.75, 3.05) is 0 Å². The van der Waals surface area contributed by atoms with Crippen molar-refractivity contribution in [3.8, 4) is 5.75 Å². The highest BCUT2D eigenvalue weighted by atomic mass is 19.1. The van der Waals surface area contributed by atoms with Gasteiger partial charge in [0.15, 0.2) is 0 Å². The third kappa shape index (κ3) is 2.57. The largest absolute Gasteiger partial charge is 0.487 e. The van der Waals surface area contributed by atoms with Gasteiger partial charge in [0.25, 0.3) is 0 Å². The van der Waals surface area contributed by atoms with E-state index in [4.69, 9.17) is 4.74 Å². The normalized spacial score (nSPS) is 10.1. The molecule has 1 aromatic heterocycles. The summed E-state index contributed by atoms with van der Waals surface area (Å²) < 4.78 is 18.3. The van der Waals surface area contributed by atoms with Crippen molar-refractivity contribution in [2.45, 2.75) is 13.5 Å². The second kappa shape index (κ2) is 4.75. The zero-order valence-corrected chi connectivity index (χ0v) is 8.98. The molecule has 0 aliphatic heterocycles. The second-order valence-corrected chi connectivity index (χ2v) is 3.51. The van der Waals surface area contributed by atoms with Crippen molar-refractivity contribution in [1.82, 2.24) is 4.98 Å². The Morgan fingerprint density at radius 2 is 2.12 bits per heavy atom. The number of aromatic nitrogens is 1. The van der Waals surface area contributed by atoms with E-state index in [2.05, 4.69) is 4.98 Å². The van der Waals surface area contributed by atoms with Crippen LogP contribution >= 0.6 is 0 Å². The first-order chi connectivity index (χ1) is 7.75. The fraction of sp³-hybridized carbons (Fsp3) is 0.154. The molecule has 2 rings (SSSR count). The molecule has 0 aliphatic rings.